The molecule has 1 N–H and O–H groups in total. The van der Waals surface area contributed by atoms with E-state index in [0.717, 1.165) is 21.6 Å². The van der Waals surface area contributed by atoms with Crippen LogP contribution in [0.4, 0.5) is 11.4 Å². The van der Waals surface area contributed by atoms with E-state index in [1.807, 2.05) is 97.2 Å². The van der Waals surface area contributed by atoms with Crippen molar-refractivity contribution in [2.75, 3.05) is 24.3 Å². The van der Waals surface area contributed by atoms with Crippen LogP contribution < -0.4 is 10.2 Å². The summed E-state index contributed by atoms with van der Waals surface area (Å²) in [5, 5.41) is 13.9. The predicted molar refractivity (Wildman–Crippen MR) is 156 cm³/mol. The Kier molecular flexibility index (Phi) is 7.90. The number of thiophene rings is 1. The lowest BCUT2D eigenvalue weighted by atomic mass is 10.1. The second kappa shape index (κ2) is 11.7. The molecular formula is C29H27ClN6O2S. The third kappa shape index (κ3) is 6.10. The molecule has 2 aromatic heterocycles. The molecule has 5 rings (SSSR count). The van der Waals surface area contributed by atoms with Crippen LogP contribution in [0.3, 0.4) is 0 Å². The summed E-state index contributed by atoms with van der Waals surface area (Å²) in [5.41, 5.74) is 3.95. The van der Waals surface area contributed by atoms with Gasteiger partial charge in [0.25, 0.3) is 5.91 Å². The lowest BCUT2D eigenvalue weighted by Crippen LogP contribution is -2.42. The summed E-state index contributed by atoms with van der Waals surface area (Å²) in [6.07, 6.45) is 0. The second-order valence-electron chi connectivity index (χ2n) is 9.23. The number of nitrogens with zero attached hydrogens (tertiary/aromatic N) is 5. The molecular weight excluding hydrogens is 532 g/mol. The lowest BCUT2D eigenvalue weighted by Gasteiger charge is -2.31. The zero-order valence-electron chi connectivity index (χ0n) is 21.5. The fourth-order valence-corrected chi connectivity index (χ4v) is 5.25. The molecule has 0 aliphatic carbocycles. The van der Waals surface area contributed by atoms with Gasteiger partial charge in [0.15, 0.2) is 0 Å². The number of halogens is 1. The summed E-state index contributed by atoms with van der Waals surface area (Å²) >= 11 is 7.54. The van der Waals surface area contributed by atoms with Gasteiger partial charge in [0.05, 0.1) is 5.52 Å². The van der Waals surface area contributed by atoms with Gasteiger partial charge < -0.3 is 15.1 Å². The first-order chi connectivity index (χ1) is 18.9. The third-order valence-corrected chi connectivity index (χ3v) is 7.49. The summed E-state index contributed by atoms with van der Waals surface area (Å²) in [7, 11) is 3.91. The van der Waals surface area contributed by atoms with Gasteiger partial charge in [0.2, 0.25) is 5.91 Å². The Labute approximate surface area is 235 Å². The van der Waals surface area contributed by atoms with E-state index in [9.17, 15) is 9.59 Å². The van der Waals surface area contributed by atoms with Crippen LogP contribution in [0, 0.1) is 0 Å². The Bertz CT molecular complexity index is 1570. The number of anilines is 2. The van der Waals surface area contributed by atoms with Gasteiger partial charge >= 0.3 is 0 Å². The molecule has 0 saturated heterocycles. The van der Waals surface area contributed by atoms with E-state index in [0.29, 0.717) is 16.2 Å². The van der Waals surface area contributed by atoms with Crippen LogP contribution in [0.5, 0.6) is 0 Å². The fraction of sp³-hybridized carbons (Fsp3) is 0.172. The number of hydrogen-bond donors (Lipinski definition) is 1. The van der Waals surface area contributed by atoms with E-state index in [4.69, 9.17) is 11.6 Å². The van der Waals surface area contributed by atoms with E-state index in [1.165, 1.54) is 11.3 Å². The largest absolute Gasteiger partial charge is 0.378 e. The molecule has 0 aliphatic rings. The van der Waals surface area contributed by atoms with Crippen molar-refractivity contribution in [3.63, 3.8) is 0 Å². The van der Waals surface area contributed by atoms with E-state index >= 15 is 0 Å². The molecule has 3 aromatic carbocycles. The maximum absolute atomic E-state index is 14.0. The molecule has 0 fully saturated rings. The highest BCUT2D eigenvalue weighted by molar-refractivity contribution is 7.10. The van der Waals surface area contributed by atoms with Crippen molar-refractivity contribution in [2.24, 2.45) is 0 Å². The minimum absolute atomic E-state index is 0.0687. The monoisotopic (exact) mass is 558 g/mol. The molecule has 0 aliphatic heterocycles. The first-order valence-corrected chi connectivity index (χ1v) is 13.6. The minimum atomic E-state index is -0.864. The zero-order chi connectivity index (χ0) is 27.4. The van der Waals surface area contributed by atoms with Gasteiger partial charge in [0.1, 0.15) is 18.1 Å². The van der Waals surface area contributed by atoms with Crippen LogP contribution in [0.1, 0.15) is 16.5 Å². The number of carbonyl (C=O) groups excluding carboxylic acids is 2. The molecule has 2 amide bonds. The van der Waals surface area contributed by atoms with Gasteiger partial charge in [-0.15, -0.1) is 16.4 Å². The highest BCUT2D eigenvalue weighted by atomic mass is 35.5. The SMILES string of the molecule is CN(C)c1ccc(NC(=O)[C@@H](c2cccs2)N(Cc2ccc(Cl)cc2)C(=O)Cn2nnc3ccccc32)cc1. The Hall–Kier alpha value is -4.21. The molecule has 2 heterocycles. The van der Waals surface area contributed by atoms with Gasteiger partial charge in [-0.25, -0.2) is 4.68 Å². The van der Waals surface area contributed by atoms with E-state index in [1.54, 1.807) is 21.7 Å². The molecule has 0 unspecified atom stereocenters. The number of carbonyl (C=O) groups is 2. The van der Waals surface area contributed by atoms with E-state index < -0.39 is 6.04 Å². The maximum atomic E-state index is 14.0. The number of hydrogen-bond acceptors (Lipinski definition) is 6. The molecule has 5 aromatic rings. The average Bonchev–Trinajstić information content (AvgIpc) is 3.60. The standard InChI is InChI=1S/C29H27ClN6O2S/c1-34(2)23-15-13-22(14-16-23)31-29(38)28(26-8-5-17-39-26)35(18-20-9-11-21(30)12-10-20)27(37)19-36-25-7-4-3-6-24(25)32-33-36/h3-17,28H,18-19H2,1-2H3,(H,31,38)/t28-/m1/s1. The van der Waals surface area contributed by atoms with Gasteiger partial charge in [-0.1, -0.05) is 47.1 Å². The quantitative estimate of drug-likeness (QED) is 0.254. The van der Waals surface area contributed by atoms with E-state index in [2.05, 4.69) is 15.6 Å². The van der Waals surface area contributed by atoms with Crippen LogP contribution in [0.2, 0.25) is 5.02 Å². The number of benzene rings is 3. The number of amides is 2. The summed E-state index contributed by atoms with van der Waals surface area (Å²) in [6.45, 7) is 0.138. The average molecular weight is 559 g/mol. The molecule has 8 nitrogen and oxygen atoms in total. The van der Waals surface area contributed by atoms with Crippen molar-refractivity contribution in [3.05, 3.63) is 106 Å². The van der Waals surface area contributed by atoms with Crippen LogP contribution in [-0.4, -0.2) is 45.8 Å². The smallest absolute Gasteiger partial charge is 0.252 e. The summed E-state index contributed by atoms with van der Waals surface area (Å²) < 4.78 is 1.57. The van der Waals surface area contributed by atoms with Crippen molar-refractivity contribution in [1.29, 1.82) is 0 Å². The summed E-state index contributed by atoms with van der Waals surface area (Å²) in [6, 6.07) is 25.2. The van der Waals surface area contributed by atoms with Crippen LogP contribution in [0.25, 0.3) is 11.0 Å². The number of rotatable bonds is 9. The Balaban J connectivity index is 1.49. The summed E-state index contributed by atoms with van der Waals surface area (Å²) in [5.74, 6) is -0.571. The predicted octanol–water partition coefficient (Wildman–Crippen LogP) is 5.62. The topological polar surface area (TPSA) is 83.4 Å². The molecule has 0 bridgehead atoms. The molecule has 10 heteroatoms. The Morgan fingerprint density at radius 3 is 2.41 bits per heavy atom. The van der Waals surface area contributed by atoms with Crippen molar-refractivity contribution in [1.82, 2.24) is 19.9 Å². The minimum Gasteiger partial charge on any atom is -0.378 e. The van der Waals surface area contributed by atoms with Crippen LogP contribution in [-0.2, 0) is 22.7 Å². The lowest BCUT2D eigenvalue weighted by molar-refractivity contribution is -0.140. The molecule has 198 valence electrons. The summed E-state index contributed by atoms with van der Waals surface area (Å²) in [4.78, 5) is 32.2. The van der Waals surface area contributed by atoms with Gasteiger partial charge in [-0.3, -0.25) is 9.59 Å². The van der Waals surface area contributed by atoms with Gasteiger partial charge in [-0.2, -0.15) is 0 Å². The van der Waals surface area contributed by atoms with Crippen LogP contribution in [0.15, 0.2) is 90.3 Å². The van der Waals surface area contributed by atoms with Gasteiger partial charge in [0, 0.05) is 41.9 Å². The first kappa shape index (κ1) is 26.4. The van der Waals surface area contributed by atoms with Crippen molar-refractivity contribution in [3.8, 4) is 0 Å². The van der Waals surface area contributed by atoms with Crippen molar-refractivity contribution >= 4 is 57.2 Å². The highest BCUT2D eigenvalue weighted by Crippen LogP contribution is 2.30. The number of nitrogens with one attached hydrogen (secondary N) is 1. The van der Waals surface area contributed by atoms with Crippen LogP contribution >= 0.6 is 22.9 Å². The molecule has 0 spiro atoms. The van der Waals surface area contributed by atoms with E-state index in [-0.39, 0.29) is 24.9 Å². The first-order valence-electron chi connectivity index (χ1n) is 12.3. The number of fused-ring (bicyclic) bond motifs is 1. The second-order valence-corrected chi connectivity index (χ2v) is 10.6. The van der Waals surface area contributed by atoms with Crippen molar-refractivity contribution in [2.45, 2.75) is 19.1 Å². The molecule has 39 heavy (non-hydrogen) atoms. The van der Waals surface area contributed by atoms with Crippen molar-refractivity contribution < 1.29 is 9.59 Å². The Morgan fingerprint density at radius 1 is 0.974 bits per heavy atom. The third-order valence-electron chi connectivity index (χ3n) is 6.32. The Morgan fingerprint density at radius 2 is 1.72 bits per heavy atom. The molecule has 0 radical (unpaired) electrons. The maximum Gasteiger partial charge on any atom is 0.252 e. The normalized spacial score (nSPS) is 11.8. The molecule has 0 saturated carbocycles. The number of aromatic nitrogens is 3. The van der Waals surface area contributed by atoms with Gasteiger partial charge in [-0.05, 0) is 65.5 Å². The zero-order valence-corrected chi connectivity index (χ0v) is 23.1. The number of para-hydroxylation sites is 1. The fourth-order valence-electron chi connectivity index (χ4n) is 4.29. The highest BCUT2D eigenvalue weighted by Gasteiger charge is 2.33. The molecule has 1 atom stereocenters.